The molecule has 1 heterocycles. The Morgan fingerprint density at radius 2 is 2.06 bits per heavy atom. The van der Waals surface area contributed by atoms with E-state index in [1.54, 1.807) is 7.11 Å². The molecule has 0 radical (unpaired) electrons. The van der Waals surface area contributed by atoms with Crippen molar-refractivity contribution in [2.24, 2.45) is 11.3 Å². The van der Waals surface area contributed by atoms with E-state index in [4.69, 9.17) is 4.74 Å². The second kappa shape index (κ2) is 4.97. The van der Waals surface area contributed by atoms with Crippen LogP contribution in [-0.2, 0) is 9.53 Å². The molecule has 1 spiro atoms. The Hall–Kier alpha value is -0.570. The van der Waals surface area contributed by atoms with E-state index in [1.165, 1.54) is 0 Å². The van der Waals surface area contributed by atoms with Crippen LogP contribution in [0.3, 0.4) is 0 Å². The molecule has 0 aromatic heterocycles. The lowest BCUT2D eigenvalue weighted by molar-refractivity contribution is -0.120. The molecule has 98 valence electrons. The molecule has 0 bridgehead atoms. The summed E-state index contributed by atoms with van der Waals surface area (Å²) >= 11 is 0. The lowest BCUT2D eigenvalue weighted by Gasteiger charge is -2.40. The molecule has 1 saturated heterocycles. The van der Waals surface area contributed by atoms with Crippen molar-refractivity contribution < 1.29 is 9.53 Å². The Kier molecular flexibility index (Phi) is 3.76. The fourth-order valence-corrected chi connectivity index (χ4v) is 3.55. The van der Waals surface area contributed by atoms with Crippen LogP contribution in [0.25, 0.3) is 0 Å². The molecule has 0 aromatic rings. The van der Waals surface area contributed by atoms with E-state index in [2.05, 4.69) is 19.2 Å². The molecule has 17 heavy (non-hydrogen) atoms. The molecule has 2 fully saturated rings. The highest BCUT2D eigenvalue weighted by molar-refractivity contribution is 5.80. The maximum Gasteiger partial charge on any atom is 0.220 e. The highest BCUT2D eigenvalue weighted by Crippen LogP contribution is 2.47. The number of amides is 1. The molecule has 1 amide bonds. The van der Waals surface area contributed by atoms with Gasteiger partial charge >= 0.3 is 0 Å². The second-order valence-corrected chi connectivity index (χ2v) is 6.22. The van der Waals surface area contributed by atoms with Gasteiger partial charge in [-0.25, -0.2) is 0 Å². The van der Waals surface area contributed by atoms with Gasteiger partial charge in [0.25, 0.3) is 0 Å². The summed E-state index contributed by atoms with van der Waals surface area (Å²) in [6.07, 6.45) is 6.77. The summed E-state index contributed by atoms with van der Waals surface area (Å²) < 4.78 is 5.43. The van der Waals surface area contributed by atoms with Crippen molar-refractivity contribution in [3.05, 3.63) is 0 Å². The normalized spacial score (nSPS) is 37.8. The van der Waals surface area contributed by atoms with E-state index in [9.17, 15) is 4.79 Å². The van der Waals surface area contributed by atoms with E-state index in [0.29, 0.717) is 18.1 Å². The summed E-state index contributed by atoms with van der Waals surface area (Å²) in [5, 5.41) is 3.20. The molecule has 1 saturated carbocycles. The fraction of sp³-hybridized carbons (Fsp3) is 0.929. The van der Waals surface area contributed by atoms with E-state index in [0.717, 1.165) is 38.5 Å². The van der Waals surface area contributed by atoms with Gasteiger partial charge in [0, 0.05) is 19.6 Å². The molecule has 3 heteroatoms. The van der Waals surface area contributed by atoms with E-state index < -0.39 is 0 Å². The number of hydrogen-bond acceptors (Lipinski definition) is 2. The molecule has 1 unspecified atom stereocenters. The number of hydrogen-bond donors (Lipinski definition) is 1. The number of rotatable bonds is 3. The average molecular weight is 239 g/mol. The van der Waals surface area contributed by atoms with Gasteiger partial charge in [-0.05, 0) is 43.4 Å². The number of carbonyl (C=O) groups is 1. The number of methoxy groups -OCH3 is 1. The zero-order valence-electron chi connectivity index (χ0n) is 11.3. The molecular weight excluding hydrogens is 214 g/mol. The Morgan fingerprint density at radius 1 is 1.41 bits per heavy atom. The van der Waals surface area contributed by atoms with Crippen molar-refractivity contribution >= 4 is 5.91 Å². The minimum Gasteiger partial charge on any atom is -0.381 e. The maximum atomic E-state index is 11.7. The van der Waals surface area contributed by atoms with Gasteiger partial charge in [0.15, 0.2) is 0 Å². The topological polar surface area (TPSA) is 38.3 Å². The van der Waals surface area contributed by atoms with Gasteiger partial charge in [-0.1, -0.05) is 13.8 Å². The summed E-state index contributed by atoms with van der Waals surface area (Å²) in [7, 11) is 1.80. The molecule has 0 aromatic carbocycles. The van der Waals surface area contributed by atoms with Crippen LogP contribution >= 0.6 is 0 Å². The predicted molar refractivity (Wildman–Crippen MR) is 67.7 cm³/mol. The lowest BCUT2D eigenvalue weighted by atomic mass is 9.67. The molecule has 1 atom stereocenters. The Balaban J connectivity index is 2.04. The van der Waals surface area contributed by atoms with Gasteiger partial charge in [0.05, 0.1) is 6.10 Å². The van der Waals surface area contributed by atoms with E-state index in [1.807, 2.05) is 0 Å². The summed E-state index contributed by atoms with van der Waals surface area (Å²) in [5.41, 5.74) is 0.233. The molecular formula is C14H25NO2. The third-order valence-electron chi connectivity index (χ3n) is 4.56. The first-order chi connectivity index (χ1) is 8.05. The van der Waals surface area contributed by atoms with Crippen molar-refractivity contribution in [2.45, 2.75) is 64.5 Å². The molecule has 1 N–H and O–H groups in total. The van der Waals surface area contributed by atoms with Crippen LogP contribution in [0.2, 0.25) is 0 Å². The monoisotopic (exact) mass is 239 g/mol. The van der Waals surface area contributed by atoms with Gasteiger partial charge in [0.2, 0.25) is 5.91 Å². The van der Waals surface area contributed by atoms with Crippen LogP contribution in [0.1, 0.15) is 52.4 Å². The Labute approximate surface area is 104 Å². The van der Waals surface area contributed by atoms with Gasteiger partial charge in [0.1, 0.15) is 0 Å². The highest BCUT2D eigenvalue weighted by Gasteiger charge is 2.48. The van der Waals surface area contributed by atoms with Crippen LogP contribution in [-0.4, -0.2) is 25.2 Å². The summed E-state index contributed by atoms with van der Waals surface area (Å²) in [6, 6.07) is 0.396. The zero-order chi connectivity index (χ0) is 12.5. The van der Waals surface area contributed by atoms with Crippen LogP contribution in [0.5, 0.6) is 0 Å². The molecule has 2 aliphatic rings. The first-order valence-electron chi connectivity index (χ1n) is 6.88. The maximum absolute atomic E-state index is 11.7. The Morgan fingerprint density at radius 3 is 2.59 bits per heavy atom. The average Bonchev–Trinajstić information content (AvgIpc) is 2.55. The fourth-order valence-electron chi connectivity index (χ4n) is 3.55. The molecule has 1 aliphatic carbocycles. The minimum atomic E-state index is 0.233. The van der Waals surface area contributed by atoms with E-state index >= 15 is 0 Å². The SMILES string of the molecule is COC1CCC2(CC1)CC(=O)NC2CC(C)C. The second-order valence-electron chi connectivity index (χ2n) is 6.22. The quantitative estimate of drug-likeness (QED) is 0.821. The van der Waals surface area contributed by atoms with Gasteiger partial charge in [-0.3, -0.25) is 4.79 Å². The summed E-state index contributed by atoms with van der Waals surface area (Å²) in [6.45, 7) is 4.47. The summed E-state index contributed by atoms with van der Waals surface area (Å²) in [5.74, 6) is 0.905. The van der Waals surface area contributed by atoms with Crippen LogP contribution in [0, 0.1) is 11.3 Å². The van der Waals surface area contributed by atoms with Gasteiger partial charge in [-0.2, -0.15) is 0 Å². The Bertz CT molecular complexity index is 280. The van der Waals surface area contributed by atoms with Gasteiger partial charge in [-0.15, -0.1) is 0 Å². The van der Waals surface area contributed by atoms with Crippen molar-refractivity contribution in [3.8, 4) is 0 Å². The number of ether oxygens (including phenoxy) is 1. The molecule has 3 nitrogen and oxygen atoms in total. The highest BCUT2D eigenvalue weighted by atomic mass is 16.5. The molecule has 1 aliphatic heterocycles. The zero-order valence-corrected chi connectivity index (χ0v) is 11.3. The minimum absolute atomic E-state index is 0.233. The third-order valence-corrected chi connectivity index (χ3v) is 4.56. The predicted octanol–water partition coefficient (Wildman–Crippen LogP) is 2.50. The molecule has 2 rings (SSSR count). The van der Waals surface area contributed by atoms with Crippen molar-refractivity contribution in [1.82, 2.24) is 5.32 Å². The third kappa shape index (κ3) is 2.65. The smallest absolute Gasteiger partial charge is 0.220 e. The van der Waals surface area contributed by atoms with Crippen LogP contribution in [0.15, 0.2) is 0 Å². The number of nitrogens with one attached hydrogen (secondary N) is 1. The van der Waals surface area contributed by atoms with Gasteiger partial charge < -0.3 is 10.1 Å². The summed E-state index contributed by atoms with van der Waals surface area (Å²) in [4.78, 5) is 11.7. The van der Waals surface area contributed by atoms with Crippen LogP contribution < -0.4 is 5.32 Å². The van der Waals surface area contributed by atoms with Crippen molar-refractivity contribution in [3.63, 3.8) is 0 Å². The van der Waals surface area contributed by atoms with Crippen molar-refractivity contribution in [2.75, 3.05) is 7.11 Å². The van der Waals surface area contributed by atoms with E-state index in [-0.39, 0.29) is 11.3 Å². The van der Waals surface area contributed by atoms with Crippen molar-refractivity contribution in [1.29, 1.82) is 0 Å². The van der Waals surface area contributed by atoms with Crippen LogP contribution in [0.4, 0.5) is 0 Å². The lowest BCUT2D eigenvalue weighted by Crippen LogP contribution is -2.41. The first kappa shape index (κ1) is 12.9. The largest absolute Gasteiger partial charge is 0.381 e. The first-order valence-corrected chi connectivity index (χ1v) is 6.88. The number of carbonyl (C=O) groups excluding carboxylic acids is 1. The standard InChI is InChI=1S/C14H25NO2/c1-10(2)8-12-14(9-13(16)15-12)6-4-11(17-3)5-7-14/h10-12H,4-9H2,1-3H3,(H,15,16).